The van der Waals surface area contributed by atoms with Gasteiger partial charge in [0, 0.05) is 113 Å². The molecule has 0 saturated carbocycles. The van der Waals surface area contributed by atoms with Gasteiger partial charge in [0.15, 0.2) is 0 Å². The molecule has 0 aliphatic heterocycles. The molecule has 0 saturated heterocycles. The average Bonchev–Trinajstić information content (AvgIpc) is 2.20. The molecule has 0 fully saturated rings. The van der Waals surface area contributed by atoms with Crippen LogP contribution in [0.25, 0.3) is 118 Å². The quantitative estimate of drug-likeness (QED) is 0.136. The van der Waals surface area contributed by atoms with Crippen LogP contribution in [0.15, 0.2) is 303 Å². The van der Waals surface area contributed by atoms with Gasteiger partial charge in [-0.25, -0.2) is 0 Å². The molecule has 4 aromatic heterocycles. The molecule has 17 aromatic rings. The number of nitrogens with zero attached hydrogens (tertiary/aromatic N) is 4. The van der Waals surface area contributed by atoms with Gasteiger partial charge in [-0.2, -0.15) is 0 Å². The number of para-hydroxylation sites is 5. The van der Waals surface area contributed by atoms with Crippen LogP contribution in [0.4, 0.5) is 34.1 Å². The molecule has 0 unspecified atom stereocenters. The van der Waals surface area contributed by atoms with Crippen LogP contribution in [-0.4, -0.2) is 9.13 Å². The van der Waals surface area contributed by atoms with Gasteiger partial charge in [0.2, 0.25) is 0 Å². The Labute approximate surface area is 493 Å². The van der Waals surface area contributed by atoms with Gasteiger partial charge in [-0.15, -0.1) is 22.7 Å². The number of hydrogen-bond acceptors (Lipinski definition) is 4. The van der Waals surface area contributed by atoms with Gasteiger partial charge >= 0.3 is 0 Å². The first-order chi connectivity index (χ1) is 41.7. The SMILES string of the molecule is c1ccc(-c2ccc(N(c3ccccc3)c3cc(-c4cc5c6ccccc6n(-c6ccccc6)c5c5c4sc4ccccc45)cc(N(c4ccc5c(c4)sc4ccccc45)c4ccc5c6ccccc6n(-c6ccccc6)c5c4)c3)cc2)cc1. The van der Waals surface area contributed by atoms with Crippen LogP contribution in [0.2, 0.25) is 0 Å². The molecule has 394 valence electrons. The van der Waals surface area contributed by atoms with E-state index in [-0.39, 0.29) is 0 Å². The number of aromatic nitrogens is 2. The van der Waals surface area contributed by atoms with Crippen molar-refractivity contribution >= 4 is 141 Å². The van der Waals surface area contributed by atoms with Crippen molar-refractivity contribution in [1.82, 2.24) is 9.13 Å². The highest BCUT2D eigenvalue weighted by molar-refractivity contribution is 7.26. The monoisotopic (exact) mass is 1110 g/mol. The van der Waals surface area contributed by atoms with Gasteiger partial charge in [-0.1, -0.05) is 182 Å². The van der Waals surface area contributed by atoms with Crippen LogP contribution < -0.4 is 9.80 Å². The molecule has 0 bridgehead atoms. The lowest BCUT2D eigenvalue weighted by molar-refractivity contribution is 1.18. The molecule has 0 N–H and O–H groups in total. The summed E-state index contributed by atoms with van der Waals surface area (Å²) in [6.07, 6.45) is 0. The lowest BCUT2D eigenvalue weighted by Crippen LogP contribution is -2.14. The standard InChI is InChI=1S/C78H50N4S2/c1-5-21-51(22-6-1)52-37-39-57(40-38-52)79(54-23-7-2-8-24-54)60-45-53(68-50-69-63-30-14-18-34-71(63)82(56-27-11-4-12-28-56)77(69)76-67-32-16-20-36-74(67)84-78(68)76)46-61(47-60)80(59-42-44-66-65-31-15-19-35-73(65)83-75(66)49-59)58-41-43-64-62-29-13-17-33-70(62)81(72(64)48-58)55-25-9-3-10-26-55/h1-50H. The molecule has 13 aromatic carbocycles. The second kappa shape index (κ2) is 19.6. The Bertz CT molecular complexity index is 5370. The molecular weight excluding hydrogens is 1060 g/mol. The summed E-state index contributed by atoms with van der Waals surface area (Å²) in [6, 6.07) is 112. The predicted octanol–water partition coefficient (Wildman–Crippen LogP) is 22.9. The number of rotatable bonds is 10. The fourth-order valence-corrected chi connectivity index (χ4v) is 15.5. The van der Waals surface area contributed by atoms with Gasteiger partial charge < -0.3 is 18.9 Å². The van der Waals surface area contributed by atoms with E-state index in [1.807, 2.05) is 22.7 Å². The predicted molar refractivity (Wildman–Crippen MR) is 361 cm³/mol. The zero-order chi connectivity index (χ0) is 55.2. The van der Waals surface area contributed by atoms with Crippen molar-refractivity contribution in [2.24, 2.45) is 0 Å². The fraction of sp³-hybridized carbons (Fsp3) is 0. The molecule has 0 aliphatic carbocycles. The molecule has 0 atom stereocenters. The lowest BCUT2D eigenvalue weighted by Gasteiger charge is -2.30. The van der Waals surface area contributed by atoms with Crippen molar-refractivity contribution in [1.29, 1.82) is 0 Å². The largest absolute Gasteiger partial charge is 0.310 e. The summed E-state index contributed by atoms with van der Waals surface area (Å²) in [5.74, 6) is 0. The third kappa shape index (κ3) is 7.80. The summed E-state index contributed by atoms with van der Waals surface area (Å²) in [7, 11) is 0. The molecule has 6 heteroatoms. The summed E-state index contributed by atoms with van der Waals surface area (Å²) < 4.78 is 9.95. The zero-order valence-corrected chi connectivity index (χ0v) is 47.1. The topological polar surface area (TPSA) is 16.3 Å². The smallest absolute Gasteiger partial charge is 0.0634 e. The maximum Gasteiger partial charge on any atom is 0.0634 e. The van der Waals surface area contributed by atoms with Gasteiger partial charge in [0.1, 0.15) is 0 Å². The second-order valence-corrected chi connectivity index (χ2v) is 23.8. The first-order valence-corrected chi connectivity index (χ1v) is 30.2. The van der Waals surface area contributed by atoms with Crippen molar-refractivity contribution in [2.75, 3.05) is 9.80 Å². The van der Waals surface area contributed by atoms with E-state index >= 15 is 0 Å². The first kappa shape index (κ1) is 48.2. The summed E-state index contributed by atoms with van der Waals surface area (Å²) in [4.78, 5) is 4.94. The minimum absolute atomic E-state index is 1.03. The maximum atomic E-state index is 2.51. The summed E-state index contributed by atoms with van der Waals surface area (Å²) in [5, 5.41) is 9.92. The van der Waals surface area contributed by atoms with Gasteiger partial charge in [-0.05, 0) is 138 Å². The Morgan fingerprint density at radius 3 is 1.40 bits per heavy atom. The van der Waals surface area contributed by atoms with Crippen molar-refractivity contribution in [3.8, 4) is 33.6 Å². The van der Waals surface area contributed by atoms with E-state index in [1.165, 1.54) is 95.1 Å². The van der Waals surface area contributed by atoms with Crippen molar-refractivity contribution in [3.05, 3.63) is 303 Å². The van der Waals surface area contributed by atoms with E-state index in [4.69, 9.17) is 0 Å². The van der Waals surface area contributed by atoms with Crippen molar-refractivity contribution in [3.63, 3.8) is 0 Å². The Hall–Kier alpha value is -10.5. The van der Waals surface area contributed by atoms with Gasteiger partial charge in [0.05, 0.1) is 22.1 Å². The van der Waals surface area contributed by atoms with Crippen LogP contribution >= 0.6 is 22.7 Å². The third-order valence-electron chi connectivity index (χ3n) is 16.8. The lowest BCUT2D eigenvalue weighted by atomic mass is 9.97. The molecule has 0 spiro atoms. The van der Waals surface area contributed by atoms with E-state index in [2.05, 4.69) is 322 Å². The van der Waals surface area contributed by atoms with Gasteiger partial charge in [-0.3, -0.25) is 0 Å². The highest BCUT2D eigenvalue weighted by atomic mass is 32.1. The van der Waals surface area contributed by atoms with Crippen LogP contribution in [0.3, 0.4) is 0 Å². The van der Waals surface area contributed by atoms with Crippen LogP contribution in [0.5, 0.6) is 0 Å². The van der Waals surface area contributed by atoms with E-state index in [0.717, 1.165) is 56.6 Å². The number of hydrogen-bond donors (Lipinski definition) is 0. The van der Waals surface area contributed by atoms with Crippen LogP contribution in [-0.2, 0) is 0 Å². The molecule has 17 rings (SSSR count). The summed E-state index contributed by atoms with van der Waals surface area (Å²) in [6.45, 7) is 0. The normalized spacial score (nSPS) is 11.8. The molecular formula is C78H50N4S2. The Morgan fingerprint density at radius 2 is 0.714 bits per heavy atom. The Balaban J connectivity index is 0.988. The number of thiophene rings is 2. The van der Waals surface area contributed by atoms with E-state index in [9.17, 15) is 0 Å². The fourth-order valence-electron chi connectivity index (χ4n) is 13.1. The highest BCUT2D eigenvalue weighted by Crippen LogP contribution is 2.51. The molecule has 4 nitrogen and oxygen atoms in total. The highest BCUT2D eigenvalue weighted by Gasteiger charge is 2.26. The minimum atomic E-state index is 1.03. The van der Waals surface area contributed by atoms with E-state index in [0.29, 0.717) is 0 Å². The average molecular weight is 1110 g/mol. The molecule has 0 aliphatic rings. The van der Waals surface area contributed by atoms with Crippen molar-refractivity contribution in [2.45, 2.75) is 0 Å². The Morgan fingerprint density at radius 1 is 0.250 bits per heavy atom. The van der Waals surface area contributed by atoms with Crippen LogP contribution in [0, 0.1) is 0 Å². The first-order valence-electron chi connectivity index (χ1n) is 28.6. The van der Waals surface area contributed by atoms with E-state index < -0.39 is 0 Å². The summed E-state index contributed by atoms with van der Waals surface area (Å²) >= 11 is 3.75. The number of anilines is 6. The zero-order valence-electron chi connectivity index (χ0n) is 45.5. The minimum Gasteiger partial charge on any atom is -0.310 e. The van der Waals surface area contributed by atoms with Gasteiger partial charge in [0.25, 0.3) is 0 Å². The number of fused-ring (bicyclic) bond motifs is 13. The number of benzene rings is 13. The molecule has 0 radical (unpaired) electrons. The van der Waals surface area contributed by atoms with Crippen LogP contribution in [0.1, 0.15) is 0 Å². The maximum absolute atomic E-state index is 2.51. The molecule has 84 heavy (non-hydrogen) atoms. The van der Waals surface area contributed by atoms with Crippen molar-refractivity contribution < 1.29 is 0 Å². The molecule has 4 heterocycles. The Kier molecular flexibility index (Phi) is 11.3. The summed E-state index contributed by atoms with van der Waals surface area (Å²) in [5.41, 5.74) is 18.0. The van der Waals surface area contributed by atoms with E-state index in [1.54, 1.807) is 0 Å². The molecule has 0 amide bonds. The second-order valence-electron chi connectivity index (χ2n) is 21.6. The third-order valence-corrected chi connectivity index (χ3v) is 19.2.